The van der Waals surface area contributed by atoms with E-state index in [1.54, 1.807) is 0 Å². The van der Waals surface area contributed by atoms with Gasteiger partial charge in [-0.15, -0.1) is 6.58 Å². The molecule has 0 heteroatoms. The highest BCUT2D eigenvalue weighted by Gasteiger charge is 2.17. The topological polar surface area (TPSA) is 0 Å². The third-order valence-electron chi connectivity index (χ3n) is 5.65. The molecule has 0 N–H and O–H groups in total. The minimum atomic E-state index is 0.598. The maximum atomic E-state index is 3.79. The molecule has 2 aromatic rings. The molecule has 0 aromatic heterocycles. The van der Waals surface area contributed by atoms with Gasteiger partial charge in [-0.3, -0.25) is 0 Å². The van der Waals surface area contributed by atoms with Gasteiger partial charge in [0.2, 0.25) is 0 Å². The van der Waals surface area contributed by atoms with Crippen molar-refractivity contribution in [1.82, 2.24) is 0 Å². The van der Waals surface area contributed by atoms with Crippen LogP contribution in [0.3, 0.4) is 0 Å². The van der Waals surface area contributed by atoms with Crippen LogP contribution in [0, 0.1) is 23.7 Å². The van der Waals surface area contributed by atoms with Crippen molar-refractivity contribution >= 4 is 0 Å². The molecule has 0 radical (unpaired) electrons. The van der Waals surface area contributed by atoms with Gasteiger partial charge in [-0.2, -0.15) is 0 Å². The van der Waals surface area contributed by atoms with Gasteiger partial charge in [0.25, 0.3) is 0 Å². The van der Waals surface area contributed by atoms with E-state index in [2.05, 4.69) is 73.9 Å². The summed E-state index contributed by atoms with van der Waals surface area (Å²) in [5, 5.41) is 0. The molecule has 1 aliphatic carbocycles. The van der Waals surface area contributed by atoms with Crippen LogP contribution < -0.4 is 0 Å². The van der Waals surface area contributed by atoms with Crippen LogP contribution in [0.15, 0.2) is 61.2 Å². The summed E-state index contributed by atoms with van der Waals surface area (Å²) < 4.78 is 0. The molecule has 0 spiro atoms. The van der Waals surface area contributed by atoms with Crippen LogP contribution in [0.2, 0.25) is 0 Å². The second kappa shape index (κ2) is 9.44. The molecule has 1 fully saturated rings. The van der Waals surface area contributed by atoms with Crippen molar-refractivity contribution in [3.8, 4) is 23.0 Å². The van der Waals surface area contributed by atoms with Crippen molar-refractivity contribution in [3.05, 3.63) is 72.3 Å². The largest absolute Gasteiger partial charge is 0.103 e. The molecule has 1 saturated carbocycles. The molecule has 0 amide bonds. The number of hydrogen-bond donors (Lipinski definition) is 0. The number of allylic oxidation sites excluding steroid dienone is 1. The lowest BCUT2D eigenvalue weighted by molar-refractivity contribution is 0.309. The van der Waals surface area contributed by atoms with Crippen molar-refractivity contribution in [2.75, 3.05) is 0 Å². The second-order valence-corrected chi connectivity index (χ2v) is 7.50. The molecule has 0 nitrogen and oxygen atoms in total. The molecule has 0 saturated heterocycles. The Hall–Kier alpha value is -2.26. The zero-order valence-electron chi connectivity index (χ0n) is 16.0. The number of rotatable bonds is 5. The maximum Gasteiger partial charge on any atom is 0.0245 e. The minimum Gasteiger partial charge on any atom is -0.103 e. The lowest BCUT2D eigenvalue weighted by Crippen LogP contribution is -2.12. The van der Waals surface area contributed by atoms with E-state index in [-0.39, 0.29) is 0 Å². The van der Waals surface area contributed by atoms with E-state index in [1.807, 2.05) is 6.08 Å². The molecule has 26 heavy (non-hydrogen) atoms. The summed E-state index contributed by atoms with van der Waals surface area (Å²) in [5.41, 5.74) is 5.03. The van der Waals surface area contributed by atoms with Crippen LogP contribution >= 0.6 is 0 Å². The predicted molar refractivity (Wildman–Crippen MR) is 113 cm³/mol. The average molecular weight is 343 g/mol. The van der Waals surface area contributed by atoms with E-state index in [0.29, 0.717) is 5.92 Å². The van der Waals surface area contributed by atoms with Gasteiger partial charge in [0.1, 0.15) is 0 Å². The normalized spacial score (nSPS) is 19.4. The zero-order valence-corrected chi connectivity index (χ0v) is 16.0. The highest BCUT2D eigenvalue weighted by Crippen LogP contribution is 2.30. The van der Waals surface area contributed by atoms with E-state index >= 15 is 0 Å². The van der Waals surface area contributed by atoms with Gasteiger partial charge in [-0.05, 0) is 73.3 Å². The molecule has 134 valence electrons. The Kier molecular flexibility index (Phi) is 6.73. The summed E-state index contributed by atoms with van der Waals surface area (Å²) in [6, 6.07) is 17.6. The predicted octanol–water partition coefficient (Wildman–Crippen LogP) is 7.04. The molecule has 2 aromatic carbocycles. The fourth-order valence-electron chi connectivity index (χ4n) is 3.78. The number of benzene rings is 2. The lowest BCUT2D eigenvalue weighted by Gasteiger charge is -2.24. The maximum absolute atomic E-state index is 3.79. The molecular weight excluding hydrogens is 312 g/mol. The summed E-state index contributed by atoms with van der Waals surface area (Å²) in [6.07, 6.45) is 10.7. The van der Waals surface area contributed by atoms with E-state index in [0.717, 1.165) is 24.3 Å². The first-order chi connectivity index (χ1) is 12.8. The smallest absolute Gasteiger partial charge is 0.0245 e. The Labute approximate surface area is 159 Å². The molecule has 3 rings (SSSR count). The molecule has 0 heterocycles. The molecule has 0 atom stereocenters. The summed E-state index contributed by atoms with van der Waals surface area (Å²) in [5.74, 6) is 8.45. The zero-order chi connectivity index (χ0) is 18.2. The summed E-state index contributed by atoms with van der Waals surface area (Å²) in [6.45, 7) is 6.10. The van der Waals surface area contributed by atoms with Gasteiger partial charge in [-0.25, -0.2) is 0 Å². The first kappa shape index (κ1) is 18.5. The summed E-state index contributed by atoms with van der Waals surface area (Å²) in [4.78, 5) is 0. The average Bonchev–Trinajstić information content (AvgIpc) is 2.72. The second-order valence-electron chi connectivity index (χ2n) is 7.50. The van der Waals surface area contributed by atoms with E-state index in [9.17, 15) is 0 Å². The van der Waals surface area contributed by atoms with Gasteiger partial charge >= 0.3 is 0 Å². The van der Waals surface area contributed by atoms with Crippen molar-refractivity contribution in [2.45, 2.75) is 51.9 Å². The van der Waals surface area contributed by atoms with E-state index in [4.69, 9.17) is 0 Å². The fourth-order valence-corrected chi connectivity index (χ4v) is 3.78. The van der Waals surface area contributed by atoms with Crippen molar-refractivity contribution < 1.29 is 0 Å². The standard InChI is InChI=1S/C26H30/c1-3-5-6-22-13-17-25(18-14-22)26-19-15-24(16-20-26)12-11-23-9-7-21(4-2)8-10-23/h3,13-21,23H,1,4-10H2,2H3/t21-,23-. The highest BCUT2D eigenvalue weighted by atomic mass is 14.2. The lowest BCUT2D eigenvalue weighted by atomic mass is 9.81. The summed E-state index contributed by atoms with van der Waals surface area (Å²) in [7, 11) is 0. The van der Waals surface area contributed by atoms with Crippen molar-refractivity contribution in [2.24, 2.45) is 11.8 Å². The van der Waals surface area contributed by atoms with Crippen LogP contribution in [0.25, 0.3) is 11.1 Å². The third-order valence-corrected chi connectivity index (χ3v) is 5.65. The van der Waals surface area contributed by atoms with Gasteiger partial charge in [-0.1, -0.05) is 67.7 Å². The van der Waals surface area contributed by atoms with Gasteiger partial charge in [0.05, 0.1) is 0 Å². The third kappa shape index (κ3) is 5.12. The van der Waals surface area contributed by atoms with Crippen LogP contribution in [0.5, 0.6) is 0 Å². The first-order valence-corrected chi connectivity index (χ1v) is 10.1. The Morgan fingerprint density at radius 3 is 2.12 bits per heavy atom. The summed E-state index contributed by atoms with van der Waals surface area (Å²) >= 11 is 0. The Bertz CT molecular complexity index is 744. The quantitative estimate of drug-likeness (QED) is 0.404. The monoisotopic (exact) mass is 342 g/mol. The van der Waals surface area contributed by atoms with Gasteiger partial charge in [0, 0.05) is 11.5 Å². The van der Waals surface area contributed by atoms with Crippen LogP contribution in [-0.2, 0) is 6.42 Å². The Balaban J connectivity index is 1.60. The molecule has 0 bridgehead atoms. The van der Waals surface area contributed by atoms with E-state index in [1.165, 1.54) is 48.8 Å². The first-order valence-electron chi connectivity index (χ1n) is 10.1. The van der Waals surface area contributed by atoms with Crippen LogP contribution in [0.1, 0.15) is 56.6 Å². The fraction of sp³-hybridized carbons (Fsp3) is 0.385. The van der Waals surface area contributed by atoms with Gasteiger partial charge < -0.3 is 0 Å². The van der Waals surface area contributed by atoms with Gasteiger partial charge in [0.15, 0.2) is 0 Å². The molecular formula is C26H30. The molecule has 1 aliphatic rings. The van der Waals surface area contributed by atoms with E-state index < -0.39 is 0 Å². The number of hydrogen-bond acceptors (Lipinski definition) is 0. The van der Waals surface area contributed by atoms with Crippen LogP contribution in [-0.4, -0.2) is 0 Å². The Morgan fingerprint density at radius 1 is 0.923 bits per heavy atom. The van der Waals surface area contributed by atoms with Crippen molar-refractivity contribution in [3.63, 3.8) is 0 Å². The minimum absolute atomic E-state index is 0.598. The van der Waals surface area contributed by atoms with Crippen molar-refractivity contribution in [1.29, 1.82) is 0 Å². The molecule has 0 unspecified atom stereocenters. The molecule has 0 aliphatic heterocycles. The SMILES string of the molecule is C=CCCc1ccc(-c2ccc(C#C[C@H]3CC[C@H](CC)CC3)cc2)cc1. The van der Waals surface area contributed by atoms with Crippen LogP contribution in [0.4, 0.5) is 0 Å². The number of aryl methyl sites for hydroxylation is 1. The Morgan fingerprint density at radius 2 is 1.54 bits per heavy atom. The highest BCUT2D eigenvalue weighted by molar-refractivity contribution is 5.64.